The number of nitrogens with one attached hydrogen (secondary N) is 1. The molecule has 1 heterocycles. The minimum absolute atomic E-state index is 0.0480. The molecule has 1 aromatic carbocycles. The summed E-state index contributed by atoms with van der Waals surface area (Å²) in [6, 6.07) is 5.97. The van der Waals surface area contributed by atoms with Gasteiger partial charge in [0.25, 0.3) is 0 Å². The molecule has 2 rings (SSSR count). The zero-order valence-corrected chi connectivity index (χ0v) is 10.8. The van der Waals surface area contributed by atoms with Crippen molar-refractivity contribution in [3.63, 3.8) is 0 Å². The summed E-state index contributed by atoms with van der Waals surface area (Å²) >= 11 is 5.63. The van der Waals surface area contributed by atoms with E-state index in [9.17, 15) is 9.18 Å². The lowest BCUT2D eigenvalue weighted by Crippen LogP contribution is -2.36. The molecule has 19 heavy (non-hydrogen) atoms. The van der Waals surface area contributed by atoms with E-state index in [0.29, 0.717) is 18.6 Å². The third kappa shape index (κ3) is 3.22. The lowest BCUT2D eigenvalue weighted by atomic mass is 10.0. The van der Waals surface area contributed by atoms with Gasteiger partial charge in [-0.3, -0.25) is 4.79 Å². The van der Waals surface area contributed by atoms with E-state index in [2.05, 4.69) is 5.32 Å². The van der Waals surface area contributed by atoms with E-state index in [0.717, 1.165) is 0 Å². The number of carbonyl (C=O) groups excluding carboxylic acids is 1. The Balaban J connectivity index is 2.12. The molecule has 0 radical (unpaired) electrons. The Hall–Kier alpha value is -1.64. The third-order valence-corrected chi connectivity index (χ3v) is 3.26. The zero-order valence-electron chi connectivity index (χ0n) is 10.0. The van der Waals surface area contributed by atoms with E-state index >= 15 is 0 Å². The van der Waals surface area contributed by atoms with Crippen molar-refractivity contribution in [3.8, 4) is 6.07 Å². The summed E-state index contributed by atoms with van der Waals surface area (Å²) in [7, 11) is 0. The van der Waals surface area contributed by atoms with Gasteiger partial charge < -0.3 is 10.1 Å². The van der Waals surface area contributed by atoms with Gasteiger partial charge in [-0.05, 0) is 24.1 Å². The molecular weight excluding hydrogens is 271 g/mol. The fourth-order valence-electron chi connectivity index (χ4n) is 2.08. The topological polar surface area (TPSA) is 62.1 Å². The molecule has 1 aromatic rings. The molecule has 4 nitrogen and oxygen atoms in total. The number of amides is 1. The molecule has 0 saturated carbocycles. The largest absolute Gasteiger partial charge is 0.371 e. The van der Waals surface area contributed by atoms with Crippen LogP contribution in [0.5, 0.6) is 0 Å². The van der Waals surface area contributed by atoms with Crippen LogP contribution in [0.2, 0.25) is 5.02 Å². The van der Waals surface area contributed by atoms with Gasteiger partial charge in [0.05, 0.1) is 17.1 Å². The summed E-state index contributed by atoms with van der Waals surface area (Å²) < 4.78 is 18.9. The fraction of sp³-hybridized carbons (Fsp3) is 0.385. The van der Waals surface area contributed by atoms with Crippen LogP contribution in [-0.4, -0.2) is 18.6 Å². The molecule has 1 N–H and O–H groups in total. The Morgan fingerprint density at radius 3 is 3.11 bits per heavy atom. The second kappa shape index (κ2) is 6.00. The maximum Gasteiger partial charge on any atom is 0.234 e. The molecule has 0 aliphatic carbocycles. The molecular formula is C13H12ClFN2O2. The van der Waals surface area contributed by atoms with Crippen LogP contribution in [0.3, 0.4) is 0 Å². The highest BCUT2D eigenvalue weighted by Crippen LogP contribution is 2.31. The minimum Gasteiger partial charge on any atom is -0.371 e. The Morgan fingerprint density at radius 1 is 1.63 bits per heavy atom. The van der Waals surface area contributed by atoms with Gasteiger partial charge in [-0.15, -0.1) is 0 Å². The molecule has 1 amide bonds. The third-order valence-electron chi connectivity index (χ3n) is 2.95. The summed E-state index contributed by atoms with van der Waals surface area (Å²) in [6.45, 7) is 0.479. The average Bonchev–Trinajstić information content (AvgIpc) is 2.81. The van der Waals surface area contributed by atoms with Gasteiger partial charge in [-0.1, -0.05) is 17.7 Å². The lowest BCUT2D eigenvalue weighted by molar-refractivity contribution is -0.121. The molecule has 6 heteroatoms. The van der Waals surface area contributed by atoms with Crippen LogP contribution < -0.4 is 5.32 Å². The summed E-state index contributed by atoms with van der Waals surface area (Å²) in [4.78, 5) is 11.4. The van der Waals surface area contributed by atoms with Crippen molar-refractivity contribution in [1.82, 2.24) is 5.32 Å². The first-order chi connectivity index (χ1) is 9.11. The molecule has 1 aliphatic rings. The maximum atomic E-state index is 13.4. The van der Waals surface area contributed by atoms with Crippen LogP contribution >= 0.6 is 11.6 Å². The average molecular weight is 283 g/mol. The number of carbonyl (C=O) groups is 1. The highest BCUT2D eigenvalue weighted by Gasteiger charge is 2.31. The first-order valence-corrected chi connectivity index (χ1v) is 6.22. The predicted molar refractivity (Wildman–Crippen MR) is 66.9 cm³/mol. The molecule has 2 atom stereocenters. The Morgan fingerprint density at radius 2 is 2.42 bits per heavy atom. The first-order valence-electron chi connectivity index (χ1n) is 5.84. The SMILES string of the molecule is N#CCC(=O)N[C@@H]1CCO[C@H]1c1ccc(Cl)c(F)c1. The quantitative estimate of drug-likeness (QED) is 0.925. The van der Waals surface area contributed by atoms with Crippen molar-refractivity contribution in [2.75, 3.05) is 6.61 Å². The van der Waals surface area contributed by atoms with E-state index in [-0.39, 0.29) is 23.4 Å². The number of hydrogen-bond donors (Lipinski definition) is 1. The van der Waals surface area contributed by atoms with E-state index in [4.69, 9.17) is 21.6 Å². The monoisotopic (exact) mass is 282 g/mol. The van der Waals surface area contributed by atoms with Gasteiger partial charge in [-0.25, -0.2) is 4.39 Å². The molecule has 0 bridgehead atoms. The number of nitriles is 1. The Bertz CT molecular complexity index is 530. The molecule has 0 aromatic heterocycles. The van der Waals surface area contributed by atoms with Crippen molar-refractivity contribution in [2.45, 2.75) is 25.0 Å². The number of rotatable bonds is 3. The Labute approximate surface area is 115 Å². The first kappa shape index (κ1) is 13.8. The molecule has 0 spiro atoms. The molecule has 1 saturated heterocycles. The van der Waals surface area contributed by atoms with Crippen molar-refractivity contribution in [3.05, 3.63) is 34.6 Å². The van der Waals surface area contributed by atoms with Crippen LogP contribution in [0, 0.1) is 17.1 Å². The highest BCUT2D eigenvalue weighted by molar-refractivity contribution is 6.30. The van der Waals surface area contributed by atoms with Crippen molar-refractivity contribution >= 4 is 17.5 Å². The van der Waals surface area contributed by atoms with Crippen molar-refractivity contribution in [2.24, 2.45) is 0 Å². The van der Waals surface area contributed by atoms with Gasteiger partial charge in [0.1, 0.15) is 18.3 Å². The second-order valence-electron chi connectivity index (χ2n) is 4.26. The van der Waals surface area contributed by atoms with Crippen LogP contribution in [-0.2, 0) is 9.53 Å². The molecule has 1 fully saturated rings. The summed E-state index contributed by atoms with van der Waals surface area (Å²) in [5, 5.41) is 11.2. The lowest BCUT2D eigenvalue weighted by Gasteiger charge is -2.20. The van der Waals surface area contributed by atoms with Gasteiger partial charge >= 0.3 is 0 Å². The van der Waals surface area contributed by atoms with Gasteiger partial charge in [0.15, 0.2) is 0 Å². The highest BCUT2D eigenvalue weighted by atomic mass is 35.5. The maximum absolute atomic E-state index is 13.4. The normalized spacial score (nSPS) is 21.9. The number of halogens is 2. The minimum atomic E-state index is -0.517. The van der Waals surface area contributed by atoms with E-state index in [1.807, 2.05) is 0 Å². The van der Waals surface area contributed by atoms with E-state index in [1.165, 1.54) is 12.1 Å². The van der Waals surface area contributed by atoms with Gasteiger partial charge in [0.2, 0.25) is 5.91 Å². The summed E-state index contributed by atoms with van der Waals surface area (Å²) in [5.41, 5.74) is 0.627. The molecule has 1 aliphatic heterocycles. The van der Waals surface area contributed by atoms with Crippen molar-refractivity contribution < 1.29 is 13.9 Å². The summed E-state index contributed by atoms with van der Waals surface area (Å²) in [5.74, 6) is -0.866. The smallest absolute Gasteiger partial charge is 0.234 e. The molecule has 0 unspecified atom stereocenters. The van der Waals surface area contributed by atoms with Gasteiger partial charge in [0, 0.05) is 6.61 Å². The van der Waals surface area contributed by atoms with Gasteiger partial charge in [-0.2, -0.15) is 5.26 Å². The summed E-state index contributed by atoms with van der Waals surface area (Å²) in [6.07, 6.45) is 0.0268. The zero-order chi connectivity index (χ0) is 13.8. The second-order valence-corrected chi connectivity index (χ2v) is 4.67. The number of nitrogens with zero attached hydrogens (tertiary/aromatic N) is 1. The standard InChI is InChI=1S/C13H12ClFN2O2/c14-9-2-1-8(7-10(9)15)13-11(4-6-19-13)17-12(18)3-5-16/h1-2,7,11,13H,3-4,6H2,(H,17,18)/t11-,13+/m1/s1. The fourth-order valence-corrected chi connectivity index (χ4v) is 2.20. The van der Waals surface area contributed by atoms with Crippen molar-refractivity contribution in [1.29, 1.82) is 5.26 Å². The number of ether oxygens (including phenoxy) is 1. The van der Waals surface area contributed by atoms with E-state index in [1.54, 1.807) is 12.1 Å². The number of benzene rings is 1. The van der Waals surface area contributed by atoms with Crippen LogP contribution in [0.1, 0.15) is 24.5 Å². The van der Waals surface area contributed by atoms with Crippen LogP contribution in [0.25, 0.3) is 0 Å². The van der Waals surface area contributed by atoms with E-state index < -0.39 is 11.9 Å². The van der Waals surface area contributed by atoms with Crippen LogP contribution in [0.4, 0.5) is 4.39 Å². The number of hydrogen-bond acceptors (Lipinski definition) is 3. The van der Waals surface area contributed by atoms with Crippen LogP contribution in [0.15, 0.2) is 18.2 Å². The predicted octanol–water partition coefficient (Wildman–Crippen LogP) is 2.34. The molecule has 100 valence electrons. The Kier molecular flexibility index (Phi) is 4.35.